The highest BCUT2D eigenvalue weighted by molar-refractivity contribution is 9.24. The molecule has 0 N–H and O–H groups in total. The zero-order valence-corrected chi connectivity index (χ0v) is 15.3. The van der Waals surface area contributed by atoms with Crippen LogP contribution in [-0.2, 0) is 17.3 Å². The summed E-state index contributed by atoms with van der Waals surface area (Å²) >= 11 is 6.96. The van der Waals surface area contributed by atoms with E-state index in [1.54, 1.807) is 0 Å². The van der Waals surface area contributed by atoms with Gasteiger partial charge in [0, 0.05) is 0 Å². The van der Waals surface area contributed by atoms with Crippen molar-refractivity contribution >= 4 is 31.9 Å². The molecule has 0 amide bonds. The fourth-order valence-electron chi connectivity index (χ4n) is 1.84. The second-order valence-corrected chi connectivity index (χ2v) is 9.43. The van der Waals surface area contributed by atoms with Gasteiger partial charge in [-0.2, -0.15) is 10.5 Å². The molecule has 4 heteroatoms. The minimum Gasteiger partial charge on any atom is -0.197 e. The van der Waals surface area contributed by atoms with Crippen LogP contribution in [0.2, 0.25) is 0 Å². The van der Waals surface area contributed by atoms with Gasteiger partial charge >= 0.3 is 0 Å². The number of nitrogens with zero attached hydrogens (tertiary/aromatic N) is 2. The highest BCUT2D eigenvalue weighted by Crippen LogP contribution is 2.31. The van der Waals surface area contributed by atoms with Crippen molar-refractivity contribution in [3.63, 3.8) is 0 Å². The Kier molecular flexibility index (Phi) is 5.41. The molecule has 0 atom stereocenters. The maximum Gasteiger partial charge on any atom is 0.0766 e. The van der Waals surface area contributed by atoms with E-state index in [-0.39, 0.29) is 3.74 Å². The van der Waals surface area contributed by atoms with Crippen LogP contribution in [0.25, 0.3) is 0 Å². The van der Waals surface area contributed by atoms with E-state index in [2.05, 4.69) is 56.1 Å². The SMILES string of the molecule is CC(C)(C#N)c1cc(CC(Br)Br)cc(C(C)(C)C#N)c1. The number of rotatable bonds is 4. The first kappa shape index (κ1) is 17.2. The van der Waals surface area contributed by atoms with Gasteiger partial charge in [0.1, 0.15) is 0 Å². The largest absolute Gasteiger partial charge is 0.197 e. The van der Waals surface area contributed by atoms with E-state index in [1.807, 2.05) is 33.8 Å². The quantitative estimate of drug-likeness (QED) is 0.675. The Hall–Kier alpha value is -0.840. The number of hydrogen-bond donors (Lipinski definition) is 0. The molecule has 0 heterocycles. The summed E-state index contributed by atoms with van der Waals surface area (Å²) in [7, 11) is 0. The first-order valence-corrected chi connectivity index (χ1v) is 8.21. The van der Waals surface area contributed by atoms with Crippen molar-refractivity contribution in [2.24, 2.45) is 0 Å². The third-order valence-corrected chi connectivity index (χ3v) is 4.03. The third-order valence-electron chi connectivity index (χ3n) is 3.39. The Balaban J connectivity index is 3.45. The normalized spacial score (nSPS) is 12.1. The average Bonchev–Trinajstić information content (AvgIpc) is 2.37. The van der Waals surface area contributed by atoms with Crippen molar-refractivity contribution < 1.29 is 0 Å². The molecule has 0 radical (unpaired) electrons. The number of nitriles is 2. The summed E-state index contributed by atoms with van der Waals surface area (Å²) in [6.07, 6.45) is 0.795. The van der Waals surface area contributed by atoms with Crippen LogP contribution >= 0.6 is 31.9 Å². The molecule has 1 aromatic carbocycles. The van der Waals surface area contributed by atoms with Crippen LogP contribution in [0.4, 0.5) is 0 Å². The highest BCUT2D eigenvalue weighted by atomic mass is 79.9. The Labute approximate surface area is 138 Å². The molecule has 0 fully saturated rings. The molecule has 0 unspecified atom stereocenters. The minimum atomic E-state index is -0.565. The van der Waals surface area contributed by atoms with Crippen LogP contribution in [0.15, 0.2) is 18.2 Å². The Morgan fingerprint density at radius 1 is 0.950 bits per heavy atom. The van der Waals surface area contributed by atoms with Crippen molar-refractivity contribution in [2.75, 3.05) is 0 Å². The topological polar surface area (TPSA) is 47.6 Å². The smallest absolute Gasteiger partial charge is 0.0766 e. The maximum absolute atomic E-state index is 9.34. The van der Waals surface area contributed by atoms with Crippen LogP contribution in [0.5, 0.6) is 0 Å². The van der Waals surface area contributed by atoms with E-state index in [0.29, 0.717) is 0 Å². The van der Waals surface area contributed by atoms with Crippen molar-refractivity contribution in [1.82, 2.24) is 0 Å². The zero-order valence-electron chi connectivity index (χ0n) is 12.2. The molecule has 0 spiro atoms. The van der Waals surface area contributed by atoms with Crippen molar-refractivity contribution in [3.05, 3.63) is 34.9 Å². The van der Waals surface area contributed by atoms with Crippen LogP contribution in [0.1, 0.15) is 44.4 Å². The number of alkyl halides is 2. The van der Waals surface area contributed by atoms with Crippen LogP contribution < -0.4 is 0 Å². The lowest BCUT2D eigenvalue weighted by molar-refractivity contribution is 0.659. The summed E-state index contributed by atoms with van der Waals surface area (Å²) < 4.78 is 0.175. The molecule has 106 valence electrons. The van der Waals surface area contributed by atoms with Gasteiger partial charge in [0.05, 0.1) is 26.7 Å². The first-order valence-electron chi connectivity index (χ1n) is 6.38. The second kappa shape index (κ2) is 6.29. The molecule has 0 aliphatic heterocycles. The Morgan fingerprint density at radius 3 is 1.65 bits per heavy atom. The standard InChI is InChI=1S/C16H18Br2N2/c1-15(2,9-19)12-5-11(7-14(17)18)6-13(8-12)16(3,4)10-20/h5-6,8,14H,7H2,1-4H3. The molecule has 0 aliphatic rings. The zero-order chi connectivity index (χ0) is 15.6. The highest BCUT2D eigenvalue weighted by Gasteiger charge is 2.26. The first-order chi connectivity index (χ1) is 9.12. The molecule has 0 saturated carbocycles. The van der Waals surface area contributed by atoms with E-state index in [9.17, 15) is 10.5 Å². The third kappa shape index (κ3) is 4.08. The molecule has 0 saturated heterocycles. The molecule has 2 nitrogen and oxygen atoms in total. The summed E-state index contributed by atoms with van der Waals surface area (Å²) in [5.41, 5.74) is 1.89. The van der Waals surface area contributed by atoms with Gasteiger partial charge in [0.25, 0.3) is 0 Å². The monoisotopic (exact) mass is 396 g/mol. The maximum atomic E-state index is 9.34. The number of benzene rings is 1. The molecule has 1 rings (SSSR count). The molecule has 0 aliphatic carbocycles. The van der Waals surface area contributed by atoms with Gasteiger partial charge < -0.3 is 0 Å². The molecule has 0 aromatic heterocycles. The molecule has 1 aromatic rings. The predicted molar refractivity (Wildman–Crippen MR) is 89.1 cm³/mol. The minimum absolute atomic E-state index is 0.175. The molecule has 0 bridgehead atoms. The van der Waals surface area contributed by atoms with Gasteiger partial charge in [-0.05, 0) is 50.8 Å². The molecule has 20 heavy (non-hydrogen) atoms. The van der Waals surface area contributed by atoms with E-state index >= 15 is 0 Å². The lowest BCUT2D eigenvalue weighted by atomic mass is 9.79. The van der Waals surface area contributed by atoms with Gasteiger partial charge in [-0.3, -0.25) is 0 Å². The summed E-state index contributed by atoms with van der Waals surface area (Å²) in [6.45, 7) is 7.59. The van der Waals surface area contributed by atoms with Gasteiger partial charge in [-0.1, -0.05) is 50.1 Å². The van der Waals surface area contributed by atoms with Crippen molar-refractivity contribution in [1.29, 1.82) is 10.5 Å². The predicted octanol–water partition coefficient (Wildman–Crippen LogP) is 4.95. The Bertz CT molecular complexity index is 531. The van der Waals surface area contributed by atoms with Gasteiger partial charge in [0.15, 0.2) is 0 Å². The average molecular weight is 398 g/mol. The van der Waals surface area contributed by atoms with Crippen molar-refractivity contribution in [2.45, 2.75) is 48.7 Å². The van der Waals surface area contributed by atoms with Gasteiger partial charge in [0.2, 0.25) is 0 Å². The van der Waals surface area contributed by atoms with Crippen LogP contribution in [-0.4, -0.2) is 3.74 Å². The summed E-state index contributed by atoms with van der Waals surface area (Å²) in [5.74, 6) is 0. The lowest BCUT2D eigenvalue weighted by Crippen LogP contribution is -2.19. The van der Waals surface area contributed by atoms with Gasteiger partial charge in [-0.15, -0.1) is 0 Å². The lowest BCUT2D eigenvalue weighted by Gasteiger charge is -2.23. The molecular formula is C16H18Br2N2. The van der Waals surface area contributed by atoms with Crippen LogP contribution in [0.3, 0.4) is 0 Å². The van der Waals surface area contributed by atoms with E-state index in [1.165, 1.54) is 0 Å². The fraction of sp³-hybridized carbons (Fsp3) is 0.500. The van der Waals surface area contributed by atoms with E-state index < -0.39 is 10.8 Å². The fourth-order valence-corrected chi connectivity index (χ4v) is 2.59. The number of halogens is 2. The molecular weight excluding hydrogens is 380 g/mol. The van der Waals surface area contributed by atoms with Crippen molar-refractivity contribution in [3.8, 4) is 12.1 Å². The summed E-state index contributed by atoms with van der Waals surface area (Å²) in [6, 6.07) is 10.7. The van der Waals surface area contributed by atoms with E-state index in [4.69, 9.17) is 0 Å². The van der Waals surface area contributed by atoms with Crippen LogP contribution in [0, 0.1) is 22.7 Å². The summed E-state index contributed by atoms with van der Waals surface area (Å²) in [5, 5.41) is 18.7. The second-order valence-electron chi connectivity index (χ2n) is 5.99. The number of hydrogen-bond acceptors (Lipinski definition) is 2. The summed E-state index contributed by atoms with van der Waals surface area (Å²) in [4.78, 5) is 0. The van der Waals surface area contributed by atoms with Gasteiger partial charge in [-0.25, -0.2) is 0 Å². The Morgan fingerprint density at radius 2 is 1.35 bits per heavy atom. The van der Waals surface area contributed by atoms with E-state index in [0.717, 1.165) is 23.1 Å².